The van der Waals surface area contributed by atoms with Crippen molar-refractivity contribution in [3.05, 3.63) is 65.1 Å². The molecule has 0 bridgehead atoms. The summed E-state index contributed by atoms with van der Waals surface area (Å²) >= 11 is 6.17. The molecular formula is C24H27ClN4O2. The number of pyridine rings is 1. The molecule has 1 fully saturated rings. The largest absolute Gasteiger partial charge is 0.495 e. The van der Waals surface area contributed by atoms with Crippen molar-refractivity contribution < 1.29 is 9.53 Å². The highest BCUT2D eigenvalue weighted by Gasteiger charge is 2.27. The number of anilines is 2. The Labute approximate surface area is 187 Å². The van der Waals surface area contributed by atoms with Gasteiger partial charge in [0.15, 0.2) is 5.82 Å². The van der Waals surface area contributed by atoms with Gasteiger partial charge in [-0.15, -0.1) is 0 Å². The molecule has 7 heteroatoms. The van der Waals surface area contributed by atoms with Crippen molar-refractivity contribution in [2.45, 2.75) is 26.7 Å². The van der Waals surface area contributed by atoms with Crippen LogP contribution in [-0.4, -0.2) is 35.7 Å². The molecule has 3 heterocycles. The number of nitrogens with one attached hydrogen (secondary N) is 1. The normalized spacial score (nSPS) is 14.5. The van der Waals surface area contributed by atoms with Crippen LogP contribution >= 0.6 is 11.6 Å². The number of aromatic nitrogens is 2. The first-order valence-electron chi connectivity index (χ1n) is 10.5. The zero-order chi connectivity index (χ0) is 22.0. The van der Waals surface area contributed by atoms with E-state index in [1.54, 1.807) is 25.3 Å². The van der Waals surface area contributed by atoms with Gasteiger partial charge in [0.1, 0.15) is 5.75 Å². The Bertz CT molecular complexity index is 1070. The number of hydrogen-bond donors (Lipinski definition) is 1. The average Bonchev–Trinajstić information content (AvgIpc) is 3.12. The van der Waals surface area contributed by atoms with E-state index in [1.165, 1.54) is 11.4 Å². The molecule has 1 aliphatic rings. The predicted molar refractivity (Wildman–Crippen MR) is 125 cm³/mol. The molecule has 3 aromatic rings. The lowest BCUT2D eigenvalue weighted by molar-refractivity contribution is -0.120. The highest BCUT2D eigenvalue weighted by atomic mass is 35.5. The second kappa shape index (κ2) is 9.02. The van der Waals surface area contributed by atoms with Crippen LogP contribution in [0.2, 0.25) is 5.02 Å². The van der Waals surface area contributed by atoms with Crippen LogP contribution in [0.4, 0.5) is 11.5 Å². The molecule has 6 nitrogen and oxygen atoms in total. The van der Waals surface area contributed by atoms with E-state index in [4.69, 9.17) is 16.3 Å². The fourth-order valence-corrected chi connectivity index (χ4v) is 4.45. The van der Waals surface area contributed by atoms with Crippen molar-refractivity contribution in [2.24, 2.45) is 5.92 Å². The summed E-state index contributed by atoms with van der Waals surface area (Å²) in [6.07, 6.45) is 3.38. The minimum Gasteiger partial charge on any atom is -0.495 e. The van der Waals surface area contributed by atoms with Crippen LogP contribution in [0, 0.1) is 19.8 Å². The minimum atomic E-state index is -0.0423. The first-order valence-corrected chi connectivity index (χ1v) is 10.9. The summed E-state index contributed by atoms with van der Waals surface area (Å²) in [6.45, 7) is 5.77. The van der Waals surface area contributed by atoms with E-state index in [9.17, 15) is 4.79 Å². The third-order valence-corrected chi connectivity index (χ3v) is 6.16. The number of methoxy groups -OCH3 is 1. The topological polar surface area (TPSA) is 59.4 Å². The Morgan fingerprint density at radius 3 is 2.48 bits per heavy atom. The standard InChI is InChI=1S/C24H27ClN4O2/c1-16-6-7-17(2)29(16)21-5-4-12-26-23(21)28-13-10-18(11-14-28)24(30)27-19-8-9-22(31-3)20(25)15-19/h4-9,12,15,18H,10-11,13-14H2,1-3H3,(H,27,30). The van der Waals surface area contributed by atoms with E-state index in [1.807, 2.05) is 12.3 Å². The number of ether oxygens (including phenoxy) is 1. The van der Waals surface area contributed by atoms with Crippen LogP contribution in [0.25, 0.3) is 5.69 Å². The molecule has 0 unspecified atom stereocenters. The summed E-state index contributed by atoms with van der Waals surface area (Å²) in [5, 5.41) is 3.47. The number of piperidine rings is 1. The van der Waals surface area contributed by atoms with Gasteiger partial charge in [0.2, 0.25) is 5.91 Å². The molecule has 1 saturated heterocycles. The average molecular weight is 439 g/mol. The molecule has 0 saturated carbocycles. The number of aryl methyl sites for hydroxylation is 2. The number of amides is 1. The molecule has 1 N–H and O–H groups in total. The van der Waals surface area contributed by atoms with Gasteiger partial charge in [-0.2, -0.15) is 0 Å². The van der Waals surface area contributed by atoms with Gasteiger partial charge in [-0.05, 0) is 69.2 Å². The molecule has 0 atom stereocenters. The third kappa shape index (κ3) is 4.39. The molecule has 0 aliphatic carbocycles. The number of benzene rings is 1. The van der Waals surface area contributed by atoms with Crippen LogP contribution in [0.3, 0.4) is 0 Å². The van der Waals surface area contributed by atoms with Crippen LogP contribution in [-0.2, 0) is 4.79 Å². The van der Waals surface area contributed by atoms with Crippen molar-refractivity contribution in [1.82, 2.24) is 9.55 Å². The Balaban J connectivity index is 1.44. The Morgan fingerprint density at radius 2 is 1.84 bits per heavy atom. The van der Waals surface area contributed by atoms with E-state index < -0.39 is 0 Å². The quantitative estimate of drug-likeness (QED) is 0.608. The first-order chi connectivity index (χ1) is 15.0. The van der Waals surface area contributed by atoms with Gasteiger partial charge in [0.25, 0.3) is 0 Å². The van der Waals surface area contributed by atoms with Crippen molar-refractivity contribution in [1.29, 1.82) is 0 Å². The number of carbonyl (C=O) groups is 1. The number of nitrogens with zero attached hydrogens (tertiary/aromatic N) is 3. The Morgan fingerprint density at radius 1 is 1.13 bits per heavy atom. The summed E-state index contributed by atoms with van der Waals surface area (Å²) in [6, 6.07) is 13.6. The molecule has 2 aromatic heterocycles. The molecular weight excluding hydrogens is 412 g/mol. The summed E-state index contributed by atoms with van der Waals surface area (Å²) < 4.78 is 7.40. The van der Waals surface area contributed by atoms with Crippen LogP contribution < -0.4 is 15.0 Å². The van der Waals surface area contributed by atoms with Gasteiger partial charge in [-0.25, -0.2) is 4.98 Å². The summed E-state index contributed by atoms with van der Waals surface area (Å²) in [7, 11) is 1.57. The van der Waals surface area contributed by atoms with Crippen molar-refractivity contribution in [3.63, 3.8) is 0 Å². The maximum atomic E-state index is 12.8. The number of hydrogen-bond acceptors (Lipinski definition) is 4. The number of carbonyl (C=O) groups excluding carboxylic acids is 1. The molecule has 0 radical (unpaired) electrons. The maximum Gasteiger partial charge on any atom is 0.227 e. The van der Waals surface area contributed by atoms with Gasteiger partial charge in [0, 0.05) is 42.3 Å². The van der Waals surface area contributed by atoms with Crippen molar-refractivity contribution >= 4 is 29.0 Å². The fourth-order valence-electron chi connectivity index (χ4n) is 4.20. The van der Waals surface area contributed by atoms with Gasteiger partial charge in [0.05, 0.1) is 17.8 Å². The van der Waals surface area contributed by atoms with E-state index >= 15 is 0 Å². The summed E-state index contributed by atoms with van der Waals surface area (Å²) in [5.41, 5.74) is 4.13. The van der Waals surface area contributed by atoms with Crippen molar-refractivity contribution in [3.8, 4) is 11.4 Å². The monoisotopic (exact) mass is 438 g/mol. The van der Waals surface area contributed by atoms with Gasteiger partial charge < -0.3 is 19.5 Å². The number of halogens is 1. The molecule has 1 amide bonds. The molecule has 31 heavy (non-hydrogen) atoms. The van der Waals surface area contributed by atoms with Gasteiger partial charge in [-0.1, -0.05) is 11.6 Å². The number of rotatable bonds is 5. The van der Waals surface area contributed by atoms with E-state index in [2.05, 4.69) is 51.8 Å². The second-order valence-corrected chi connectivity index (χ2v) is 8.30. The predicted octanol–water partition coefficient (Wildman–Crippen LogP) is 5.01. The van der Waals surface area contributed by atoms with Gasteiger partial charge in [-0.3, -0.25) is 4.79 Å². The smallest absolute Gasteiger partial charge is 0.227 e. The van der Waals surface area contributed by atoms with E-state index in [-0.39, 0.29) is 11.8 Å². The lowest BCUT2D eigenvalue weighted by Gasteiger charge is -2.33. The third-order valence-electron chi connectivity index (χ3n) is 5.86. The molecule has 162 valence electrons. The van der Waals surface area contributed by atoms with E-state index in [0.717, 1.165) is 37.4 Å². The zero-order valence-electron chi connectivity index (χ0n) is 18.1. The van der Waals surface area contributed by atoms with Gasteiger partial charge >= 0.3 is 0 Å². The van der Waals surface area contributed by atoms with E-state index in [0.29, 0.717) is 16.5 Å². The first kappa shape index (κ1) is 21.2. The molecule has 1 aliphatic heterocycles. The maximum absolute atomic E-state index is 12.8. The molecule has 0 spiro atoms. The van der Waals surface area contributed by atoms with Crippen molar-refractivity contribution in [2.75, 3.05) is 30.4 Å². The van der Waals surface area contributed by atoms with Crippen LogP contribution in [0.15, 0.2) is 48.7 Å². The molecule has 4 rings (SSSR count). The van der Waals surface area contributed by atoms with Crippen LogP contribution in [0.1, 0.15) is 24.2 Å². The second-order valence-electron chi connectivity index (χ2n) is 7.90. The highest BCUT2D eigenvalue weighted by Crippen LogP contribution is 2.31. The minimum absolute atomic E-state index is 0.0271. The fraction of sp³-hybridized carbons (Fsp3) is 0.333. The Kier molecular flexibility index (Phi) is 6.18. The lowest BCUT2D eigenvalue weighted by atomic mass is 9.95. The Hall–Kier alpha value is -2.99. The molecule has 1 aromatic carbocycles. The zero-order valence-corrected chi connectivity index (χ0v) is 18.8. The van der Waals surface area contributed by atoms with Crippen LogP contribution in [0.5, 0.6) is 5.75 Å². The summed E-state index contributed by atoms with van der Waals surface area (Å²) in [5.74, 6) is 1.54. The summed E-state index contributed by atoms with van der Waals surface area (Å²) in [4.78, 5) is 19.8. The lowest BCUT2D eigenvalue weighted by Crippen LogP contribution is -2.39. The highest BCUT2D eigenvalue weighted by molar-refractivity contribution is 6.32. The SMILES string of the molecule is COc1ccc(NC(=O)C2CCN(c3ncccc3-n3c(C)ccc3C)CC2)cc1Cl.